The molecular weight excluding hydrogens is 299 g/mol. The van der Waals surface area contributed by atoms with Gasteiger partial charge < -0.3 is 10.4 Å². The van der Waals surface area contributed by atoms with E-state index in [0.29, 0.717) is 0 Å². The number of nitrogens with zero attached hydrogens (tertiary/aromatic N) is 1. The lowest BCUT2D eigenvalue weighted by Gasteiger charge is -2.10. The normalized spacial score (nSPS) is 10.5. The molecule has 0 radical (unpaired) electrons. The Balaban J connectivity index is 2.42. The summed E-state index contributed by atoms with van der Waals surface area (Å²) < 4.78 is 65.6. The van der Waals surface area contributed by atoms with E-state index >= 15 is 0 Å². The second-order valence-electron chi connectivity index (χ2n) is 3.81. The van der Waals surface area contributed by atoms with E-state index in [2.05, 4.69) is 4.98 Å². The number of anilines is 2. The van der Waals surface area contributed by atoms with Crippen molar-refractivity contribution in [2.45, 2.75) is 0 Å². The van der Waals surface area contributed by atoms with Gasteiger partial charge in [0.1, 0.15) is 11.4 Å². The Morgan fingerprint density at radius 1 is 0.952 bits per heavy atom. The number of benzene rings is 1. The van der Waals surface area contributed by atoms with Crippen molar-refractivity contribution in [2.75, 3.05) is 5.32 Å². The van der Waals surface area contributed by atoms with Crippen LogP contribution < -0.4 is 5.32 Å². The van der Waals surface area contributed by atoms with Gasteiger partial charge in [0.15, 0.2) is 23.3 Å². The number of pyridine rings is 1. The van der Waals surface area contributed by atoms with Gasteiger partial charge in [0.25, 0.3) is 0 Å². The van der Waals surface area contributed by atoms with Crippen molar-refractivity contribution in [3.8, 4) is 0 Å². The smallest absolute Gasteiger partial charge is 0.354 e. The third kappa shape index (κ3) is 2.62. The van der Waals surface area contributed by atoms with Crippen LogP contribution in [0.1, 0.15) is 10.5 Å². The zero-order valence-electron chi connectivity index (χ0n) is 9.92. The minimum absolute atomic E-state index is 0.150. The van der Waals surface area contributed by atoms with Crippen LogP contribution in [0.25, 0.3) is 0 Å². The van der Waals surface area contributed by atoms with Crippen molar-refractivity contribution in [3.05, 3.63) is 53.1 Å². The van der Waals surface area contributed by atoms with Gasteiger partial charge >= 0.3 is 5.97 Å². The molecule has 1 aromatic heterocycles. The molecule has 1 aromatic carbocycles. The van der Waals surface area contributed by atoms with Gasteiger partial charge in [0.05, 0.1) is 11.9 Å². The van der Waals surface area contributed by atoms with Crippen molar-refractivity contribution < 1.29 is 31.9 Å². The number of carboxylic acids is 1. The maximum Gasteiger partial charge on any atom is 0.354 e. The minimum atomic E-state index is -2.27. The number of aromatic carboxylic acids is 1. The van der Waals surface area contributed by atoms with Crippen molar-refractivity contribution in [1.82, 2.24) is 4.98 Å². The lowest BCUT2D eigenvalue weighted by Crippen LogP contribution is -2.07. The Morgan fingerprint density at radius 3 is 1.90 bits per heavy atom. The first-order valence-corrected chi connectivity index (χ1v) is 5.30. The lowest BCUT2D eigenvalue weighted by molar-refractivity contribution is 0.0690. The predicted molar refractivity (Wildman–Crippen MR) is 60.7 cm³/mol. The van der Waals surface area contributed by atoms with Gasteiger partial charge in [-0.3, -0.25) is 0 Å². The molecule has 1 heterocycles. The molecule has 2 aromatic rings. The van der Waals surface area contributed by atoms with Crippen LogP contribution >= 0.6 is 0 Å². The highest BCUT2D eigenvalue weighted by atomic mass is 19.2. The molecule has 0 fully saturated rings. The van der Waals surface area contributed by atoms with E-state index in [4.69, 9.17) is 5.11 Å². The van der Waals surface area contributed by atoms with Crippen LogP contribution in [0.3, 0.4) is 0 Å². The number of carboxylic acid groups (broad SMARTS) is 1. The number of nitrogens with one attached hydrogen (secondary N) is 1. The van der Waals surface area contributed by atoms with E-state index in [0.717, 1.165) is 18.3 Å². The van der Waals surface area contributed by atoms with E-state index < -0.39 is 40.7 Å². The lowest BCUT2D eigenvalue weighted by atomic mass is 10.2. The van der Waals surface area contributed by atoms with Crippen LogP contribution in [0, 0.1) is 29.1 Å². The van der Waals surface area contributed by atoms with Crippen LogP contribution in [0.15, 0.2) is 18.3 Å². The first-order chi connectivity index (χ1) is 9.82. The third-order valence-electron chi connectivity index (χ3n) is 2.46. The van der Waals surface area contributed by atoms with Gasteiger partial charge in [-0.2, -0.15) is 0 Å². The summed E-state index contributed by atoms with van der Waals surface area (Å²) in [7, 11) is 0. The maximum atomic E-state index is 13.4. The molecule has 21 heavy (non-hydrogen) atoms. The molecule has 0 saturated carbocycles. The molecule has 0 aliphatic carbocycles. The van der Waals surface area contributed by atoms with Crippen LogP contribution in [-0.4, -0.2) is 16.1 Å². The largest absolute Gasteiger partial charge is 0.477 e. The number of halogens is 5. The van der Waals surface area contributed by atoms with Gasteiger partial charge in [-0.05, 0) is 12.1 Å². The Bertz CT molecular complexity index is 690. The minimum Gasteiger partial charge on any atom is -0.477 e. The van der Waals surface area contributed by atoms with E-state index in [1.54, 1.807) is 0 Å². The van der Waals surface area contributed by atoms with Crippen molar-refractivity contribution in [1.29, 1.82) is 0 Å². The van der Waals surface area contributed by atoms with E-state index in [9.17, 15) is 26.7 Å². The number of hydrogen-bond donors (Lipinski definition) is 2. The van der Waals surface area contributed by atoms with Gasteiger partial charge in [0.2, 0.25) is 5.82 Å². The molecule has 0 amide bonds. The first kappa shape index (κ1) is 14.7. The molecule has 0 unspecified atom stereocenters. The summed E-state index contributed by atoms with van der Waals surface area (Å²) in [6.07, 6.45) is 0.876. The fraction of sp³-hybridized carbons (Fsp3) is 0. The molecule has 0 bridgehead atoms. The highest BCUT2D eigenvalue weighted by Gasteiger charge is 2.25. The quantitative estimate of drug-likeness (QED) is 0.519. The molecule has 2 N–H and O–H groups in total. The molecule has 0 atom stereocenters. The monoisotopic (exact) mass is 304 g/mol. The highest BCUT2D eigenvalue weighted by molar-refractivity contribution is 5.85. The van der Waals surface area contributed by atoms with Crippen molar-refractivity contribution in [3.63, 3.8) is 0 Å². The van der Waals surface area contributed by atoms with Gasteiger partial charge in [0, 0.05) is 0 Å². The van der Waals surface area contributed by atoms with Crippen molar-refractivity contribution >= 4 is 17.3 Å². The Morgan fingerprint density at radius 2 is 1.48 bits per heavy atom. The molecule has 0 aliphatic heterocycles. The molecule has 0 saturated heterocycles. The van der Waals surface area contributed by atoms with Crippen molar-refractivity contribution in [2.24, 2.45) is 0 Å². The average molecular weight is 304 g/mol. The van der Waals surface area contributed by atoms with Gasteiger partial charge in [-0.1, -0.05) is 0 Å². The molecule has 0 spiro atoms. The Hall–Kier alpha value is -2.71. The topological polar surface area (TPSA) is 62.2 Å². The average Bonchev–Trinajstić information content (AvgIpc) is 2.48. The summed E-state index contributed by atoms with van der Waals surface area (Å²) in [6.45, 7) is 0. The predicted octanol–water partition coefficient (Wildman–Crippen LogP) is 3.22. The number of rotatable bonds is 3. The number of aromatic nitrogens is 1. The summed E-state index contributed by atoms with van der Waals surface area (Å²) >= 11 is 0. The van der Waals surface area contributed by atoms with Gasteiger partial charge in [-0.15, -0.1) is 0 Å². The Labute approximate surface area is 113 Å². The Kier molecular flexibility index (Phi) is 3.74. The zero-order valence-corrected chi connectivity index (χ0v) is 9.92. The fourth-order valence-corrected chi connectivity index (χ4v) is 1.45. The van der Waals surface area contributed by atoms with Crippen LogP contribution in [0.2, 0.25) is 0 Å². The second-order valence-corrected chi connectivity index (χ2v) is 3.81. The van der Waals surface area contributed by atoms with E-state index in [1.165, 1.54) is 0 Å². The van der Waals surface area contributed by atoms with Gasteiger partial charge in [-0.25, -0.2) is 31.7 Å². The maximum absolute atomic E-state index is 13.4. The van der Waals surface area contributed by atoms with Crippen LogP contribution in [-0.2, 0) is 0 Å². The summed E-state index contributed by atoms with van der Waals surface area (Å²) in [5.74, 6) is -11.9. The zero-order chi connectivity index (χ0) is 15.7. The molecule has 9 heteroatoms. The summed E-state index contributed by atoms with van der Waals surface area (Å²) in [4.78, 5) is 14.0. The molecule has 0 aliphatic rings. The SMILES string of the molecule is O=C(O)c1ccc(Nc2c(F)c(F)c(F)c(F)c2F)cn1. The van der Waals surface area contributed by atoms with E-state index in [1.807, 2.05) is 5.32 Å². The highest BCUT2D eigenvalue weighted by Crippen LogP contribution is 2.29. The second kappa shape index (κ2) is 5.35. The number of hydrogen-bond acceptors (Lipinski definition) is 3. The van der Waals surface area contributed by atoms with Crippen LogP contribution in [0.4, 0.5) is 33.3 Å². The van der Waals surface area contributed by atoms with E-state index in [-0.39, 0.29) is 11.4 Å². The summed E-state index contributed by atoms with van der Waals surface area (Å²) in [5, 5.41) is 10.6. The molecule has 4 nitrogen and oxygen atoms in total. The standard InChI is InChI=1S/C12H5F5N2O2/c13-6-7(14)9(16)11(10(17)8(6)15)19-4-1-2-5(12(20)21)18-3-4/h1-3,19H,(H,20,21). The van der Waals surface area contributed by atoms with Crippen LogP contribution in [0.5, 0.6) is 0 Å². The first-order valence-electron chi connectivity index (χ1n) is 5.30. The summed E-state index contributed by atoms with van der Waals surface area (Å²) in [5.41, 5.74) is -1.75. The molecule has 2 rings (SSSR count). The number of carbonyl (C=O) groups is 1. The third-order valence-corrected chi connectivity index (χ3v) is 2.46. The summed E-state index contributed by atoms with van der Waals surface area (Å²) in [6, 6.07) is 2.06. The molecular formula is C12H5F5N2O2. The fourth-order valence-electron chi connectivity index (χ4n) is 1.45. The molecule has 110 valence electrons.